The molecular formula is C31H43N3O2S2. The van der Waals surface area contributed by atoms with Gasteiger partial charge in [0.1, 0.15) is 0 Å². The number of aromatic nitrogens is 1. The molecule has 0 saturated heterocycles. The van der Waals surface area contributed by atoms with Gasteiger partial charge >= 0.3 is 0 Å². The van der Waals surface area contributed by atoms with Crippen molar-refractivity contribution < 1.29 is 9.59 Å². The summed E-state index contributed by atoms with van der Waals surface area (Å²) in [5.41, 5.74) is 0.571. The van der Waals surface area contributed by atoms with Crippen molar-refractivity contribution in [3.05, 3.63) is 103 Å². The highest BCUT2D eigenvalue weighted by Gasteiger charge is 2.03. The Kier molecular flexibility index (Phi) is 22.6. The third-order valence-corrected chi connectivity index (χ3v) is 7.36. The number of allylic oxidation sites excluding steroid dienone is 12. The van der Waals surface area contributed by atoms with Gasteiger partial charge in [0, 0.05) is 43.4 Å². The summed E-state index contributed by atoms with van der Waals surface area (Å²) in [6.45, 7) is 3.30. The fraction of sp³-hybridized carbons (Fsp3) is 0.387. The second kappa shape index (κ2) is 25.9. The minimum absolute atomic E-state index is 0.0865. The molecule has 1 heterocycles. The lowest BCUT2D eigenvalue weighted by Gasteiger charge is -2.05. The van der Waals surface area contributed by atoms with Crippen LogP contribution in [-0.4, -0.2) is 41.4 Å². The zero-order chi connectivity index (χ0) is 27.4. The number of amides is 2. The molecule has 0 atom stereocenters. The third-order valence-electron chi connectivity index (χ3n) is 4.95. The Morgan fingerprint density at radius 1 is 0.763 bits per heavy atom. The molecule has 0 aliphatic carbocycles. The SMILES string of the molecule is C/C=C\C/C=C\C/C=C\C/C=C\C/C=C\C/C=C\CCC(=O)NCCSSCCNC(=O)c1cccnc1. The molecule has 206 valence electrons. The third kappa shape index (κ3) is 21.3. The summed E-state index contributed by atoms with van der Waals surface area (Å²) < 4.78 is 0. The fourth-order valence-corrected chi connectivity index (χ4v) is 4.78. The number of hydrogen-bond acceptors (Lipinski definition) is 5. The van der Waals surface area contributed by atoms with E-state index in [4.69, 9.17) is 0 Å². The molecule has 0 aliphatic rings. The minimum atomic E-state index is -0.104. The molecule has 38 heavy (non-hydrogen) atoms. The monoisotopic (exact) mass is 553 g/mol. The Balaban J connectivity index is 1.90. The van der Waals surface area contributed by atoms with E-state index in [2.05, 4.69) is 88.5 Å². The van der Waals surface area contributed by atoms with Crippen LogP contribution in [0.3, 0.4) is 0 Å². The van der Waals surface area contributed by atoms with E-state index in [-0.39, 0.29) is 11.8 Å². The van der Waals surface area contributed by atoms with E-state index in [1.54, 1.807) is 46.1 Å². The Morgan fingerprint density at radius 3 is 1.82 bits per heavy atom. The Bertz CT molecular complexity index is 922. The standard InChI is InChI=1S/C31H43N3O2S2/c1-2-3-4-5-6-7-8-9-10-11-12-13-14-15-16-17-18-19-22-30(35)33-24-26-37-38-27-25-34-31(36)29-21-20-23-32-28-29/h2-3,5-6,8-9,11-12,14-15,17-18,20-21,23,28H,4,7,10,13,16,19,22,24-27H2,1H3,(H,33,35)(H,34,36)/b3-2-,6-5-,9-8-,12-11-,15-14-,18-17-. The van der Waals surface area contributed by atoms with Crippen molar-refractivity contribution in [1.29, 1.82) is 0 Å². The van der Waals surface area contributed by atoms with Crippen molar-refractivity contribution in [3.8, 4) is 0 Å². The first-order valence-corrected chi connectivity index (χ1v) is 15.8. The van der Waals surface area contributed by atoms with Gasteiger partial charge in [-0.15, -0.1) is 0 Å². The second-order valence-electron chi connectivity index (χ2n) is 8.13. The van der Waals surface area contributed by atoms with Gasteiger partial charge in [0.2, 0.25) is 5.91 Å². The van der Waals surface area contributed by atoms with Crippen LogP contribution in [0.15, 0.2) is 97.4 Å². The highest BCUT2D eigenvalue weighted by molar-refractivity contribution is 8.76. The van der Waals surface area contributed by atoms with Gasteiger partial charge in [0.05, 0.1) is 5.56 Å². The summed E-state index contributed by atoms with van der Waals surface area (Å²) in [4.78, 5) is 27.7. The summed E-state index contributed by atoms with van der Waals surface area (Å²) in [6, 6.07) is 3.49. The lowest BCUT2D eigenvalue weighted by Crippen LogP contribution is -2.26. The van der Waals surface area contributed by atoms with Crippen molar-refractivity contribution in [1.82, 2.24) is 15.6 Å². The average Bonchev–Trinajstić information content (AvgIpc) is 2.94. The number of nitrogens with one attached hydrogen (secondary N) is 2. The molecule has 0 aromatic carbocycles. The quantitative estimate of drug-likeness (QED) is 0.0943. The molecule has 5 nitrogen and oxygen atoms in total. The Hall–Kier alpha value is -2.77. The molecule has 1 aromatic rings. The number of carbonyl (C=O) groups excluding carboxylic acids is 2. The number of pyridine rings is 1. The first-order valence-electron chi connectivity index (χ1n) is 13.3. The molecule has 0 fully saturated rings. The van der Waals surface area contributed by atoms with Crippen LogP contribution >= 0.6 is 21.6 Å². The van der Waals surface area contributed by atoms with E-state index < -0.39 is 0 Å². The normalized spacial score (nSPS) is 12.2. The highest BCUT2D eigenvalue weighted by Crippen LogP contribution is 2.19. The van der Waals surface area contributed by atoms with Crippen molar-refractivity contribution in [2.45, 2.75) is 51.9 Å². The molecule has 7 heteroatoms. The average molecular weight is 554 g/mol. The van der Waals surface area contributed by atoms with Crippen LogP contribution in [0.4, 0.5) is 0 Å². The summed E-state index contributed by atoms with van der Waals surface area (Å²) in [5, 5.41) is 5.83. The van der Waals surface area contributed by atoms with E-state index in [9.17, 15) is 9.59 Å². The topological polar surface area (TPSA) is 71.1 Å². The van der Waals surface area contributed by atoms with Crippen molar-refractivity contribution in [2.75, 3.05) is 24.6 Å². The van der Waals surface area contributed by atoms with Gasteiger partial charge in [-0.25, -0.2) is 0 Å². The van der Waals surface area contributed by atoms with Crippen LogP contribution in [0.5, 0.6) is 0 Å². The molecule has 2 N–H and O–H groups in total. The molecule has 0 spiro atoms. The predicted molar refractivity (Wildman–Crippen MR) is 167 cm³/mol. The number of rotatable bonds is 21. The second-order valence-corrected chi connectivity index (χ2v) is 10.8. The molecule has 0 radical (unpaired) electrons. The van der Waals surface area contributed by atoms with Crippen molar-refractivity contribution in [2.24, 2.45) is 0 Å². The first kappa shape index (κ1) is 33.3. The van der Waals surface area contributed by atoms with Crippen LogP contribution in [0.25, 0.3) is 0 Å². The maximum Gasteiger partial charge on any atom is 0.252 e. The number of hydrogen-bond donors (Lipinski definition) is 2. The van der Waals surface area contributed by atoms with Gasteiger partial charge in [-0.3, -0.25) is 14.6 Å². The van der Waals surface area contributed by atoms with Gasteiger partial charge in [0.15, 0.2) is 0 Å². The van der Waals surface area contributed by atoms with Gasteiger partial charge in [-0.1, -0.05) is 94.5 Å². The van der Waals surface area contributed by atoms with Gasteiger partial charge in [0.25, 0.3) is 5.91 Å². The maximum absolute atomic E-state index is 11.9. The van der Waals surface area contributed by atoms with E-state index >= 15 is 0 Å². The highest BCUT2D eigenvalue weighted by atomic mass is 33.1. The van der Waals surface area contributed by atoms with Crippen molar-refractivity contribution in [3.63, 3.8) is 0 Å². The fourth-order valence-electron chi connectivity index (χ4n) is 2.97. The number of carbonyl (C=O) groups is 2. The van der Waals surface area contributed by atoms with E-state index in [1.165, 1.54) is 0 Å². The van der Waals surface area contributed by atoms with E-state index in [0.717, 1.165) is 50.0 Å². The largest absolute Gasteiger partial charge is 0.355 e. The molecular weight excluding hydrogens is 510 g/mol. The summed E-state index contributed by atoms with van der Waals surface area (Å²) in [7, 11) is 3.39. The van der Waals surface area contributed by atoms with Crippen LogP contribution in [-0.2, 0) is 4.79 Å². The van der Waals surface area contributed by atoms with E-state index in [1.807, 2.05) is 6.92 Å². The first-order chi connectivity index (χ1) is 18.7. The smallest absolute Gasteiger partial charge is 0.252 e. The molecule has 0 unspecified atom stereocenters. The van der Waals surface area contributed by atoms with Gasteiger partial charge < -0.3 is 10.6 Å². The molecule has 2 amide bonds. The van der Waals surface area contributed by atoms with Crippen LogP contribution in [0.2, 0.25) is 0 Å². The van der Waals surface area contributed by atoms with Crippen LogP contribution in [0.1, 0.15) is 62.2 Å². The zero-order valence-electron chi connectivity index (χ0n) is 22.6. The lowest BCUT2D eigenvalue weighted by atomic mass is 10.2. The Labute approximate surface area is 237 Å². The minimum Gasteiger partial charge on any atom is -0.355 e. The van der Waals surface area contributed by atoms with Crippen molar-refractivity contribution >= 4 is 33.4 Å². The Morgan fingerprint density at radius 2 is 1.29 bits per heavy atom. The van der Waals surface area contributed by atoms with Crippen LogP contribution in [0, 0.1) is 0 Å². The maximum atomic E-state index is 11.9. The van der Waals surface area contributed by atoms with E-state index in [0.29, 0.717) is 25.1 Å². The van der Waals surface area contributed by atoms with Gasteiger partial charge in [-0.05, 0) is 57.6 Å². The summed E-state index contributed by atoms with van der Waals surface area (Å²) in [6.07, 6.45) is 35.2. The molecule has 0 bridgehead atoms. The molecule has 0 aliphatic heterocycles. The molecule has 1 aromatic heterocycles. The lowest BCUT2D eigenvalue weighted by molar-refractivity contribution is -0.120. The summed E-state index contributed by atoms with van der Waals surface area (Å²) in [5.74, 6) is 1.64. The molecule has 1 rings (SSSR count). The zero-order valence-corrected chi connectivity index (χ0v) is 24.2. The number of nitrogens with zero attached hydrogens (tertiary/aromatic N) is 1. The van der Waals surface area contributed by atoms with Crippen LogP contribution < -0.4 is 10.6 Å². The summed E-state index contributed by atoms with van der Waals surface area (Å²) >= 11 is 0. The predicted octanol–water partition coefficient (Wildman–Crippen LogP) is 7.40. The van der Waals surface area contributed by atoms with Gasteiger partial charge in [-0.2, -0.15) is 0 Å². The molecule has 0 saturated carbocycles.